The number of aliphatic hydroxyl groups excluding tert-OH is 1. The van der Waals surface area contributed by atoms with Crippen molar-refractivity contribution < 1.29 is 28.9 Å². The second kappa shape index (κ2) is 14.1. The average molecular weight is 427 g/mol. The normalized spacial score (nSPS) is 11.5. The molecule has 1 N–H and O–H groups in total. The number of hydrogen-bond acceptors (Lipinski definition) is 6. The van der Waals surface area contributed by atoms with E-state index in [1.54, 1.807) is 36.4 Å². The molecule has 31 heavy (non-hydrogen) atoms. The first kappa shape index (κ1) is 24.3. The number of ether oxygens (including phenoxy) is 3. The Labute approximate surface area is 183 Å². The molecule has 0 aliphatic heterocycles. The first-order valence-corrected chi connectivity index (χ1v) is 10.5. The van der Waals surface area contributed by atoms with Gasteiger partial charge < -0.3 is 19.3 Å². The number of para-hydroxylation sites is 1. The highest BCUT2D eigenvalue weighted by Crippen LogP contribution is 2.16. The predicted molar refractivity (Wildman–Crippen MR) is 118 cm³/mol. The number of carbonyl (C=O) groups excluding carboxylic acids is 2. The van der Waals surface area contributed by atoms with E-state index in [1.807, 2.05) is 18.2 Å². The first-order chi connectivity index (χ1) is 15.1. The molecule has 0 heterocycles. The van der Waals surface area contributed by atoms with Crippen molar-refractivity contribution in [3.63, 3.8) is 0 Å². The topological polar surface area (TPSA) is 82.1 Å². The lowest BCUT2D eigenvalue weighted by Crippen LogP contribution is -2.20. The molecule has 0 spiro atoms. The third-order valence-electron chi connectivity index (χ3n) is 4.56. The molecule has 2 rings (SSSR count). The molecular weight excluding hydrogens is 396 g/mol. The minimum atomic E-state index is -1.02. The smallest absolute Gasteiger partial charge is 0.343 e. The van der Waals surface area contributed by atoms with E-state index in [0.717, 1.165) is 31.8 Å². The molecule has 0 saturated heterocycles. The maximum atomic E-state index is 12.1. The van der Waals surface area contributed by atoms with E-state index in [1.165, 1.54) is 0 Å². The van der Waals surface area contributed by atoms with Crippen molar-refractivity contribution in [2.45, 2.75) is 38.2 Å². The molecular formula is C25H30O6. The zero-order valence-corrected chi connectivity index (χ0v) is 17.7. The molecule has 0 bridgehead atoms. The van der Waals surface area contributed by atoms with Gasteiger partial charge in [0.15, 0.2) is 5.78 Å². The summed E-state index contributed by atoms with van der Waals surface area (Å²) in [6.45, 7) is 4.91. The number of carbonyl (C=O) groups is 2. The lowest BCUT2D eigenvalue weighted by Gasteiger charge is -2.09. The predicted octanol–water partition coefficient (Wildman–Crippen LogP) is 4.37. The number of rotatable bonds is 15. The van der Waals surface area contributed by atoms with Gasteiger partial charge in [0, 0.05) is 19.6 Å². The van der Waals surface area contributed by atoms with Crippen LogP contribution in [-0.4, -0.2) is 42.8 Å². The summed E-state index contributed by atoms with van der Waals surface area (Å²) in [5.74, 6) is 0.456. The molecule has 2 aromatic carbocycles. The summed E-state index contributed by atoms with van der Waals surface area (Å²) in [6.07, 6.45) is 4.28. The largest absolute Gasteiger partial charge is 0.494 e. The summed E-state index contributed by atoms with van der Waals surface area (Å²) in [5.41, 5.74) is 0.470. The SMILES string of the molecule is C=CC(=O)C(O)CCOCCCCCCOc1ccc(C(=O)Oc2ccccc2)cc1. The number of esters is 1. The van der Waals surface area contributed by atoms with Crippen LogP contribution in [0.1, 0.15) is 42.5 Å². The third-order valence-corrected chi connectivity index (χ3v) is 4.56. The van der Waals surface area contributed by atoms with E-state index in [4.69, 9.17) is 14.2 Å². The Morgan fingerprint density at radius 3 is 2.23 bits per heavy atom. The Bertz CT molecular complexity index is 801. The summed E-state index contributed by atoms with van der Waals surface area (Å²) in [5, 5.41) is 9.48. The first-order valence-electron chi connectivity index (χ1n) is 10.5. The molecule has 1 unspecified atom stereocenters. The summed E-state index contributed by atoms with van der Waals surface area (Å²) in [6, 6.07) is 15.9. The fourth-order valence-electron chi connectivity index (χ4n) is 2.77. The molecule has 166 valence electrons. The second-order valence-electron chi connectivity index (χ2n) is 7.01. The van der Waals surface area contributed by atoms with Gasteiger partial charge >= 0.3 is 5.97 Å². The monoisotopic (exact) mass is 426 g/mol. The summed E-state index contributed by atoms with van der Waals surface area (Å²) in [4.78, 5) is 23.3. The van der Waals surface area contributed by atoms with Crippen LogP contribution in [0.2, 0.25) is 0 Å². The van der Waals surface area contributed by atoms with Crippen molar-refractivity contribution in [2.75, 3.05) is 19.8 Å². The summed E-state index contributed by atoms with van der Waals surface area (Å²) < 4.78 is 16.4. The van der Waals surface area contributed by atoms with Gasteiger partial charge in [0.05, 0.1) is 12.2 Å². The molecule has 0 radical (unpaired) electrons. The zero-order valence-electron chi connectivity index (χ0n) is 17.7. The lowest BCUT2D eigenvalue weighted by molar-refractivity contribution is -0.123. The number of aliphatic hydroxyl groups is 1. The van der Waals surface area contributed by atoms with E-state index in [9.17, 15) is 14.7 Å². The van der Waals surface area contributed by atoms with Crippen LogP contribution in [0.4, 0.5) is 0 Å². The molecule has 0 fully saturated rings. The van der Waals surface area contributed by atoms with Crippen LogP contribution in [-0.2, 0) is 9.53 Å². The fraction of sp³-hybridized carbons (Fsp3) is 0.360. The van der Waals surface area contributed by atoms with E-state index in [0.29, 0.717) is 43.3 Å². The highest BCUT2D eigenvalue weighted by atomic mass is 16.5. The third kappa shape index (κ3) is 9.59. The minimum Gasteiger partial charge on any atom is -0.494 e. The second-order valence-corrected chi connectivity index (χ2v) is 7.01. The molecule has 1 atom stereocenters. The Kier molecular flexibility index (Phi) is 11.1. The van der Waals surface area contributed by atoms with E-state index in [-0.39, 0.29) is 5.78 Å². The van der Waals surface area contributed by atoms with Gasteiger partial charge in [-0.05, 0) is 61.7 Å². The molecule has 6 heteroatoms. The minimum absolute atomic E-state index is 0.293. The Morgan fingerprint density at radius 1 is 0.871 bits per heavy atom. The van der Waals surface area contributed by atoms with Gasteiger partial charge in [0.1, 0.15) is 17.6 Å². The number of ketones is 1. The van der Waals surface area contributed by atoms with Gasteiger partial charge in [-0.15, -0.1) is 0 Å². The highest BCUT2D eigenvalue weighted by Gasteiger charge is 2.10. The van der Waals surface area contributed by atoms with Crippen molar-refractivity contribution in [3.05, 3.63) is 72.8 Å². The van der Waals surface area contributed by atoms with Crippen LogP contribution < -0.4 is 9.47 Å². The summed E-state index contributed by atoms with van der Waals surface area (Å²) in [7, 11) is 0. The molecule has 6 nitrogen and oxygen atoms in total. The number of hydrogen-bond donors (Lipinski definition) is 1. The molecule has 0 amide bonds. The maximum Gasteiger partial charge on any atom is 0.343 e. The molecule has 0 aromatic heterocycles. The van der Waals surface area contributed by atoms with Crippen molar-refractivity contribution >= 4 is 11.8 Å². The van der Waals surface area contributed by atoms with Crippen molar-refractivity contribution in [2.24, 2.45) is 0 Å². The Morgan fingerprint density at radius 2 is 1.55 bits per heavy atom. The van der Waals surface area contributed by atoms with Crippen molar-refractivity contribution in [1.29, 1.82) is 0 Å². The van der Waals surface area contributed by atoms with Crippen LogP contribution in [0.15, 0.2) is 67.3 Å². The number of benzene rings is 2. The van der Waals surface area contributed by atoms with E-state index in [2.05, 4.69) is 6.58 Å². The molecule has 2 aromatic rings. The Hall–Kier alpha value is -2.96. The van der Waals surface area contributed by atoms with Crippen LogP contribution in [0.3, 0.4) is 0 Å². The highest BCUT2D eigenvalue weighted by molar-refractivity contribution is 5.92. The molecule has 0 saturated carbocycles. The van der Waals surface area contributed by atoms with Gasteiger partial charge in [-0.3, -0.25) is 4.79 Å². The maximum absolute atomic E-state index is 12.1. The average Bonchev–Trinajstić information content (AvgIpc) is 2.80. The van der Waals surface area contributed by atoms with Crippen LogP contribution >= 0.6 is 0 Å². The van der Waals surface area contributed by atoms with Gasteiger partial charge in [-0.25, -0.2) is 4.79 Å². The van der Waals surface area contributed by atoms with Crippen molar-refractivity contribution in [1.82, 2.24) is 0 Å². The van der Waals surface area contributed by atoms with Crippen molar-refractivity contribution in [3.8, 4) is 11.5 Å². The van der Waals surface area contributed by atoms with E-state index >= 15 is 0 Å². The Balaban J connectivity index is 1.51. The van der Waals surface area contributed by atoms with Crippen LogP contribution in [0.25, 0.3) is 0 Å². The fourth-order valence-corrected chi connectivity index (χ4v) is 2.77. The van der Waals surface area contributed by atoms with Gasteiger partial charge in [-0.1, -0.05) is 31.2 Å². The standard InChI is InChI=1S/C25H30O6/c1-2-23(26)24(27)16-19-29-17-8-3-4-9-18-30-21-14-12-20(13-15-21)25(28)31-22-10-6-5-7-11-22/h2,5-7,10-15,24,27H,1,3-4,8-9,16-19H2. The van der Waals surface area contributed by atoms with Gasteiger partial charge in [0.2, 0.25) is 0 Å². The van der Waals surface area contributed by atoms with Crippen LogP contribution in [0, 0.1) is 0 Å². The summed E-state index contributed by atoms with van der Waals surface area (Å²) >= 11 is 0. The molecule has 0 aliphatic carbocycles. The lowest BCUT2D eigenvalue weighted by atomic mass is 10.2. The zero-order chi connectivity index (χ0) is 22.3. The van der Waals surface area contributed by atoms with Gasteiger partial charge in [0.25, 0.3) is 0 Å². The number of unbranched alkanes of at least 4 members (excludes halogenated alkanes) is 3. The quantitative estimate of drug-likeness (QED) is 0.197. The van der Waals surface area contributed by atoms with Gasteiger partial charge in [-0.2, -0.15) is 0 Å². The van der Waals surface area contributed by atoms with Crippen LogP contribution in [0.5, 0.6) is 11.5 Å². The van der Waals surface area contributed by atoms with E-state index < -0.39 is 12.1 Å². The molecule has 0 aliphatic rings.